The van der Waals surface area contributed by atoms with Crippen LogP contribution in [0.25, 0.3) is 0 Å². The number of alkyl halides is 3. The number of hydrogen-bond acceptors (Lipinski definition) is 5. The van der Waals surface area contributed by atoms with Gasteiger partial charge in [-0.3, -0.25) is 14.3 Å². The zero-order chi connectivity index (χ0) is 24.8. The molecule has 2 aromatic rings. The number of rotatable bonds is 3. The minimum absolute atomic E-state index is 0.248. The summed E-state index contributed by atoms with van der Waals surface area (Å²) in [6.45, 7) is 3.08. The number of aryl methyl sites for hydroxylation is 2. The van der Waals surface area contributed by atoms with Crippen molar-refractivity contribution in [2.75, 3.05) is 24.5 Å². The van der Waals surface area contributed by atoms with E-state index in [0.29, 0.717) is 44.6 Å². The third-order valence-corrected chi connectivity index (χ3v) is 7.05. The Bertz CT molecular complexity index is 1150. The molecule has 2 N–H and O–H groups in total. The smallest absolute Gasteiger partial charge is 0.371 e. The number of nitrogens with two attached hydrogens (primary N) is 1. The fourth-order valence-electron chi connectivity index (χ4n) is 5.00. The molecule has 0 radical (unpaired) electrons. The summed E-state index contributed by atoms with van der Waals surface area (Å²) >= 11 is 0. The first-order chi connectivity index (χ1) is 15.9. The molecule has 0 saturated carbocycles. The van der Waals surface area contributed by atoms with Crippen molar-refractivity contribution in [2.24, 2.45) is 18.2 Å². The summed E-state index contributed by atoms with van der Waals surface area (Å²) in [6.07, 6.45) is -3.04. The standard InChI is InChI=1S/C23H25F3N6O2/c1-14-9-18(29-30(14)2)21(34)32-13-22(11-19(32)20(28)33)5-7-31(8-6-22)16-4-3-15(12-27)17(10-16)23(24,25)26/h3-4,9-10,19H,5-8,11,13H2,1-2H3,(H2,28,33). The molecule has 3 heterocycles. The molecule has 34 heavy (non-hydrogen) atoms. The van der Waals surface area contributed by atoms with Crippen molar-refractivity contribution in [3.8, 4) is 6.07 Å². The second-order valence-electron chi connectivity index (χ2n) is 9.18. The number of hydrogen-bond donors (Lipinski definition) is 1. The van der Waals surface area contributed by atoms with Crippen LogP contribution in [0.3, 0.4) is 0 Å². The Morgan fingerprint density at radius 3 is 2.44 bits per heavy atom. The molecule has 0 bridgehead atoms. The van der Waals surface area contributed by atoms with Crippen molar-refractivity contribution in [3.63, 3.8) is 0 Å². The van der Waals surface area contributed by atoms with E-state index in [1.807, 2.05) is 11.8 Å². The van der Waals surface area contributed by atoms with E-state index >= 15 is 0 Å². The average molecular weight is 474 g/mol. The topological polar surface area (TPSA) is 108 Å². The molecule has 8 nitrogen and oxygen atoms in total. The molecule has 2 saturated heterocycles. The fraction of sp³-hybridized carbons (Fsp3) is 0.478. The molecule has 1 spiro atoms. The largest absolute Gasteiger partial charge is 0.417 e. The molecule has 1 aromatic carbocycles. The van der Waals surface area contributed by atoms with Crippen molar-refractivity contribution in [2.45, 2.75) is 38.4 Å². The van der Waals surface area contributed by atoms with Crippen molar-refractivity contribution < 1.29 is 22.8 Å². The molecule has 2 fully saturated rings. The van der Waals surface area contributed by atoms with Crippen LogP contribution < -0.4 is 10.6 Å². The first-order valence-electron chi connectivity index (χ1n) is 10.9. The number of carbonyl (C=O) groups is 2. The highest BCUT2D eigenvalue weighted by atomic mass is 19.4. The van der Waals surface area contributed by atoms with E-state index in [2.05, 4.69) is 5.10 Å². The van der Waals surface area contributed by atoms with E-state index in [9.17, 15) is 22.8 Å². The Labute approximate surface area is 194 Å². The number of aromatic nitrogens is 2. The van der Waals surface area contributed by atoms with Gasteiger partial charge in [-0.15, -0.1) is 0 Å². The molecule has 2 aliphatic heterocycles. The molecule has 1 atom stereocenters. The van der Waals surface area contributed by atoms with Gasteiger partial charge in [-0.2, -0.15) is 23.5 Å². The summed E-state index contributed by atoms with van der Waals surface area (Å²) in [5.41, 5.74) is 5.36. The number of nitrogens with zero attached hydrogens (tertiary/aromatic N) is 5. The van der Waals surface area contributed by atoms with Gasteiger partial charge >= 0.3 is 6.18 Å². The lowest BCUT2D eigenvalue weighted by atomic mass is 9.76. The number of benzene rings is 1. The summed E-state index contributed by atoms with van der Waals surface area (Å²) in [6, 6.07) is 6.22. The van der Waals surface area contributed by atoms with Crippen LogP contribution in [-0.4, -0.2) is 52.2 Å². The van der Waals surface area contributed by atoms with Gasteiger partial charge in [-0.25, -0.2) is 0 Å². The Balaban J connectivity index is 1.52. The predicted molar refractivity (Wildman–Crippen MR) is 117 cm³/mol. The van der Waals surface area contributed by atoms with E-state index in [4.69, 9.17) is 11.0 Å². The first kappa shape index (κ1) is 23.6. The zero-order valence-corrected chi connectivity index (χ0v) is 18.9. The van der Waals surface area contributed by atoms with E-state index in [-0.39, 0.29) is 17.0 Å². The first-order valence-corrected chi connectivity index (χ1v) is 10.9. The number of halogens is 3. The van der Waals surface area contributed by atoms with E-state index in [0.717, 1.165) is 11.8 Å². The van der Waals surface area contributed by atoms with Crippen LogP contribution in [0.2, 0.25) is 0 Å². The van der Waals surface area contributed by atoms with Gasteiger partial charge in [0.2, 0.25) is 5.91 Å². The molecular formula is C23H25F3N6O2. The molecule has 11 heteroatoms. The number of carbonyl (C=O) groups excluding carboxylic acids is 2. The molecule has 180 valence electrons. The zero-order valence-electron chi connectivity index (χ0n) is 18.9. The predicted octanol–water partition coefficient (Wildman–Crippen LogP) is 2.61. The summed E-state index contributed by atoms with van der Waals surface area (Å²) < 4.78 is 41.7. The van der Waals surface area contributed by atoms with Crippen molar-refractivity contribution in [1.29, 1.82) is 5.26 Å². The molecule has 1 unspecified atom stereocenters. The van der Waals surface area contributed by atoms with Gasteiger partial charge in [0.05, 0.1) is 17.2 Å². The molecule has 2 amide bonds. The molecule has 4 rings (SSSR count). The monoisotopic (exact) mass is 474 g/mol. The Hall–Kier alpha value is -3.55. The molecule has 1 aromatic heterocycles. The highest BCUT2D eigenvalue weighted by Gasteiger charge is 2.49. The average Bonchev–Trinajstić information content (AvgIpc) is 3.33. The van der Waals surface area contributed by atoms with Gasteiger partial charge in [0.1, 0.15) is 6.04 Å². The summed E-state index contributed by atoms with van der Waals surface area (Å²) in [5, 5.41) is 13.2. The summed E-state index contributed by atoms with van der Waals surface area (Å²) in [4.78, 5) is 28.6. The Kier molecular flexibility index (Phi) is 5.79. The number of amides is 2. The van der Waals surface area contributed by atoms with Gasteiger partial charge in [0, 0.05) is 38.1 Å². The Morgan fingerprint density at radius 1 is 1.24 bits per heavy atom. The summed E-state index contributed by atoms with van der Waals surface area (Å²) in [5.74, 6) is -0.934. The van der Waals surface area contributed by atoms with Crippen LogP contribution in [0, 0.1) is 23.7 Å². The lowest BCUT2D eigenvalue weighted by molar-refractivity contribution is -0.137. The van der Waals surface area contributed by atoms with Gasteiger partial charge in [0.25, 0.3) is 5.91 Å². The fourth-order valence-corrected chi connectivity index (χ4v) is 5.00. The van der Waals surface area contributed by atoms with Crippen LogP contribution in [-0.2, 0) is 18.0 Å². The maximum atomic E-state index is 13.4. The van der Waals surface area contributed by atoms with Gasteiger partial charge in [-0.1, -0.05) is 0 Å². The highest BCUT2D eigenvalue weighted by molar-refractivity contribution is 5.96. The van der Waals surface area contributed by atoms with Crippen LogP contribution in [0.4, 0.5) is 18.9 Å². The quantitative estimate of drug-likeness (QED) is 0.736. The lowest BCUT2D eigenvalue weighted by Crippen LogP contribution is -2.44. The highest BCUT2D eigenvalue weighted by Crippen LogP contribution is 2.45. The minimum Gasteiger partial charge on any atom is -0.371 e. The van der Waals surface area contributed by atoms with Crippen LogP contribution >= 0.6 is 0 Å². The third kappa shape index (κ3) is 4.20. The number of piperidine rings is 1. The lowest BCUT2D eigenvalue weighted by Gasteiger charge is -2.40. The van der Waals surface area contributed by atoms with E-state index in [1.165, 1.54) is 17.0 Å². The molecule has 0 aliphatic carbocycles. The van der Waals surface area contributed by atoms with Crippen molar-refractivity contribution >= 4 is 17.5 Å². The second kappa shape index (κ2) is 8.34. The molecular weight excluding hydrogens is 449 g/mol. The number of nitriles is 1. The van der Waals surface area contributed by atoms with Crippen LogP contribution in [0.15, 0.2) is 24.3 Å². The van der Waals surface area contributed by atoms with Crippen LogP contribution in [0.5, 0.6) is 0 Å². The SMILES string of the molecule is Cc1cc(C(=O)N2CC3(CCN(c4ccc(C#N)c(C(F)(F)F)c4)CC3)CC2C(N)=O)nn1C. The number of anilines is 1. The van der Waals surface area contributed by atoms with Crippen molar-refractivity contribution in [3.05, 3.63) is 46.8 Å². The number of likely N-dealkylation sites (tertiary alicyclic amines) is 1. The minimum atomic E-state index is -4.62. The van der Waals surface area contributed by atoms with Crippen LogP contribution in [0.1, 0.15) is 46.6 Å². The maximum Gasteiger partial charge on any atom is 0.417 e. The van der Waals surface area contributed by atoms with Gasteiger partial charge in [-0.05, 0) is 55.9 Å². The van der Waals surface area contributed by atoms with Gasteiger partial charge in [0.15, 0.2) is 5.69 Å². The molecule has 2 aliphatic rings. The number of primary amides is 1. The maximum absolute atomic E-state index is 13.4. The van der Waals surface area contributed by atoms with Gasteiger partial charge < -0.3 is 15.5 Å². The normalized spacial score (nSPS) is 19.9. The second-order valence-corrected chi connectivity index (χ2v) is 9.18. The summed E-state index contributed by atoms with van der Waals surface area (Å²) in [7, 11) is 1.73. The Morgan fingerprint density at radius 2 is 1.91 bits per heavy atom. The van der Waals surface area contributed by atoms with E-state index in [1.54, 1.807) is 23.9 Å². The van der Waals surface area contributed by atoms with E-state index < -0.39 is 29.3 Å². The third-order valence-electron chi connectivity index (χ3n) is 7.05. The van der Waals surface area contributed by atoms with Crippen molar-refractivity contribution in [1.82, 2.24) is 14.7 Å².